The molecule has 6 nitrogen and oxygen atoms in total. The molecule has 0 aliphatic carbocycles. The second-order valence-corrected chi connectivity index (χ2v) is 5.07. The molecule has 0 fully saturated rings. The number of nitrogens with one attached hydrogen (secondary N) is 2. The zero-order valence-corrected chi connectivity index (χ0v) is 11.6. The molecule has 1 rings (SSSR count). The van der Waals surface area contributed by atoms with E-state index in [-0.39, 0.29) is 11.6 Å². The first kappa shape index (κ1) is 14.9. The summed E-state index contributed by atoms with van der Waals surface area (Å²) in [5.74, 6) is -0.0818. The van der Waals surface area contributed by atoms with Crippen molar-refractivity contribution in [3.63, 3.8) is 0 Å². The molecular weight excluding hydrogens is 246 g/mol. The third-order valence-corrected chi connectivity index (χ3v) is 2.98. The highest BCUT2D eigenvalue weighted by atomic mass is 16.6. The zero-order valence-electron chi connectivity index (χ0n) is 11.6. The number of nitrogens with zero attached hydrogens (tertiary/aromatic N) is 1. The molecule has 0 bridgehead atoms. The van der Waals surface area contributed by atoms with E-state index in [0.717, 1.165) is 0 Å². The van der Waals surface area contributed by atoms with Gasteiger partial charge in [-0.15, -0.1) is 0 Å². The topological polar surface area (TPSA) is 84.3 Å². The first-order valence-electron chi connectivity index (χ1n) is 5.99. The van der Waals surface area contributed by atoms with Crippen molar-refractivity contribution in [1.82, 2.24) is 5.32 Å². The fourth-order valence-corrected chi connectivity index (χ4v) is 1.66. The summed E-state index contributed by atoms with van der Waals surface area (Å²) in [7, 11) is 1.58. The monoisotopic (exact) mass is 265 g/mol. The number of hydrogen-bond acceptors (Lipinski definition) is 4. The van der Waals surface area contributed by atoms with Gasteiger partial charge in [0.2, 0.25) is 5.91 Å². The quantitative estimate of drug-likeness (QED) is 0.630. The van der Waals surface area contributed by atoms with Crippen LogP contribution >= 0.6 is 0 Å². The largest absolute Gasteiger partial charge is 0.384 e. The second kappa shape index (κ2) is 5.69. The van der Waals surface area contributed by atoms with Crippen molar-refractivity contribution in [3.8, 4) is 0 Å². The summed E-state index contributed by atoms with van der Waals surface area (Å²) < 4.78 is 0. The molecule has 1 aromatic carbocycles. The average molecular weight is 265 g/mol. The fourth-order valence-electron chi connectivity index (χ4n) is 1.66. The number of carbonyl (C=O) groups excluding carboxylic acids is 1. The standard InChI is InChI=1S/C13H19N3O3/c1-9-5-6-10(7-11(9)16(18)19)15-8-13(2,3)12(17)14-4/h5-7,15H,8H2,1-4H3,(H,14,17). The highest BCUT2D eigenvalue weighted by Gasteiger charge is 2.26. The lowest BCUT2D eigenvalue weighted by atomic mass is 9.92. The molecule has 1 amide bonds. The maximum Gasteiger partial charge on any atom is 0.274 e. The molecular formula is C13H19N3O3. The molecule has 19 heavy (non-hydrogen) atoms. The van der Waals surface area contributed by atoms with Crippen molar-refractivity contribution in [3.05, 3.63) is 33.9 Å². The number of nitro benzene ring substituents is 1. The lowest BCUT2D eigenvalue weighted by Crippen LogP contribution is -2.39. The number of carbonyl (C=O) groups is 1. The van der Waals surface area contributed by atoms with Gasteiger partial charge in [-0.2, -0.15) is 0 Å². The minimum Gasteiger partial charge on any atom is -0.384 e. The molecule has 104 valence electrons. The summed E-state index contributed by atoms with van der Waals surface area (Å²) in [6.07, 6.45) is 0. The maximum absolute atomic E-state index is 11.6. The number of benzene rings is 1. The molecule has 0 aliphatic rings. The van der Waals surface area contributed by atoms with E-state index in [2.05, 4.69) is 10.6 Å². The Kier molecular flexibility index (Phi) is 4.47. The van der Waals surface area contributed by atoms with Crippen LogP contribution in [-0.4, -0.2) is 24.4 Å². The third kappa shape index (κ3) is 3.67. The van der Waals surface area contributed by atoms with Gasteiger partial charge in [0.05, 0.1) is 10.3 Å². The predicted molar refractivity (Wildman–Crippen MR) is 74.2 cm³/mol. The fraction of sp³-hybridized carbons (Fsp3) is 0.462. The van der Waals surface area contributed by atoms with E-state index in [1.165, 1.54) is 6.07 Å². The number of amides is 1. The van der Waals surface area contributed by atoms with Crippen molar-refractivity contribution < 1.29 is 9.72 Å². The predicted octanol–water partition coefficient (Wildman–Crippen LogP) is 2.09. The summed E-state index contributed by atoms with van der Waals surface area (Å²) in [5, 5.41) is 16.5. The van der Waals surface area contributed by atoms with Crippen LogP contribution in [0.5, 0.6) is 0 Å². The lowest BCUT2D eigenvalue weighted by molar-refractivity contribution is -0.385. The van der Waals surface area contributed by atoms with Crippen LogP contribution in [0.4, 0.5) is 11.4 Å². The van der Waals surface area contributed by atoms with Crippen LogP contribution in [0, 0.1) is 22.5 Å². The molecule has 0 spiro atoms. The highest BCUT2D eigenvalue weighted by molar-refractivity contribution is 5.82. The lowest BCUT2D eigenvalue weighted by Gasteiger charge is -2.23. The smallest absolute Gasteiger partial charge is 0.274 e. The Balaban J connectivity index is 2.82. The minimum atomic E-state index is -0.589. The molecule has 2 N–H and O–H groups in total. The van der Waals surface area contributed by atoms with Crippen molar-refractivity contribution in [2.45, 2.75) is 20.8 Å². The van der Waals surface area contributed by atoms with E-state index >= 15 is 0 Å². The van der Waals surface area contributed by atoms with E-state index in [0.29, 0.717) is 17.8 Å². The number of anilines is 1. The molecule has 6 heteroatoms. The zero-order chi connectivity index (χ0) is 14.6. The van der Waals surface area contributed by atoms with Gasteiger partial charge >= 0.3 is 0 Å². The summed E-state index contributed by atoms with van der Waals surface area (Å²) in [6.45, 7) is 5.70. The number of hydrogen-bond donors (Lipinski definition) is 2. The minimum absolute atomic E-state index is 0.0720. The van der Waals surface area contributed by atoms with E-state index in [9.17, 15) is 14.9 Å². The van der Waals surface area contributed by atoms with E-state index < -0.39 is 10.3 Å². The summed E-state index contributed by atoms with van der Waals surface area (Å²) in [4.78, 5) is 22.1. The number of rotatable bonds is 5. The van der Waals surface area contributed by atoms with Gasteiger partial charge in [0, 0.05) is 30.9 Å². The second-order valence-electron chi connectivity index (χ2n) is 5.07. The van der Waals surface area contributed by atoms with Gasteiger partial charge in [-0.25, -0.2) is 0 Å². The summed E-state index contributed by atoms with van der Waals surface area (Å²) in [5.41, 5.74) is 0.729. The van der Waals surface area contributed by atoms with Gasteiger partial charge in [-0.3, -0.25) is 14.9 Å². The van der Waals surface area contributed by atoms with Crippen molar-refractivity contribution >= 4 is 17.3 Å². The molecule has 0 atom stereocenters. The molecule has 0 unspecified atom stereocenters. The van der Waals surface area contributed by atoms with Gasteiger partial charge in [0.15, 0.2) is 0 Å². The van der Waals surface area contributed by atoms with E-state index in [1.54, 1.807) is 40.0 Å². The van der Waals surface area contributed by atoms with Crippen LogP contribution < -0.4 is 10.6 Å². The normalized spacial score (nSPS) is 10.9. The maximum atomic E-state index is 11.6. The molecule has 1 aromatic rings. The Labute approximate surface area is 112 Å². The Morgan fingerprint density at radius 3 is 2.58 bits per heavy atom. The molecule has 0 aliphatic heterocycles. The SMILES string of the molecule is CNC(=O)C(C)(C)CNc1ccc(C)c([N+](=O)[O-])c1. The summed E-state index contributed by atoms with van der Waals surface area (Å²) >= 11 is 0. The van der Waals surface area contributed by atoms with Gasteiger partial charge in [0.25, 0.3) is 5.69 Å². The average Bonchev–Trinajstić information content (AvgIpc) is 2.36. The molecule has 0 saturated heterocycles. The van der Waals surface area contributed by atoms with Crippen LogP contribution in [-0.2, 0) is 4.79 Å². The van der Waals surface area contributed by atoms with Gasteiger partial charge in [-0.05, 0) is 26.8 Å². The Bertz CT molecular complexity index is 498. The first-order chi connectivity index (χ1) is 8.77. The van der Waals surface area contributed by atoms with Crippen LogP contribution in [0.2, 0.25) is 0 Å². The highest BCUT2D eigenvalue weighted by Crippen LogP contribution is 2.23. The third-order valence-electron chi connectivity index (χ3n) is 2.98. The van der Waals surface area contributed by atoms with Crippen molar-refractivity contribution in [1.29, 1.82) is 0 Å². The van der Waals surface area contributed by atoms with E-state index in [1.807, 2.05) is 0 Å². The van der Waals surface area contributed by atoms with Gasteiger partial charge < -0.3 is 10.6 Å². The number of nitro groups is 1. The van der Waals surface area contributed by atoms with Gasteiger partial charge in [-0.1, -0.05) is 6.07 Å². The Morgan fingerprint density at radius 2 is 2.05 bits per heavy atom. The van der Waals surface area contributed by atoms with Crippen LogP contribution in [0.25, 0.3) is 0 Å². The molecule has 0 aromatic heterocycles. The van der Waals surface area contributed by atoms with Crippen LogP contribution in [0.15, 0.2) is 18.2 Å². The first-order valence-corrected chi connectivity index (χ1v) is 5.99. The van der Waals surface area contributed by atoms with Crippen LogP contribution in [0.1, 0.15) is 19.4 Å². The molecule has 0 heterocycles. The number of aryl methyl sites for hydroxylation is 1. The Hall–Kier alpha value is -2.11. The van der Waals surface area contributed by atoms with Crippen LogP contribution in [0.3, 0.4) is 0 Å². The van der Waals surface area contributed by atoms with Gasteiger partial charge in [0.1, 0.15) is 0 Å². The van der Waals surface area contributed by atoms with Crippen molar-refractivity contribution in [2.75, 3.05) is 18.9 Å². The van der Waals surface area contributed by atoms with Crippen molar-refractivity contribution in [2.24, 2.45) is 5.41 Å². The molecule has 0 radical (unpaired) electrons. The Morgan fingerprint density at radius 1 is 1.42 bits per heavy atom. The molecule has 0 saturated carbocycles. The summed E-state index contributed by atoms with van der Waals surface area (Å²) in [6, 6.07) is 4.94. The van der Waals surface area contributed by atoms with E-state index in [4.69, 9.17) is 0 Å².